The Morgan fingerprint density at radius 2 is 1.81 bits per heavy atom. The molecule has 5 rings (SSSR count). The number of rotatable bonds is 5. The topological polar surface area (TPSA) is 59.3 Å². The van der Waals surface area contributed by atoms with E-state index >= 15 is 0 Å². The summed E-state index contributed by atoms with van der Waals surface area (Å²) in [5, 5.41) is 9.55. The highest BCUT2D eigenvalue weighted by atomic mass is 16.2. The molecule has 2 unspecified atom stereocenters. The molecule has 4 aromatic rings. The summed E-state index contributed by atoms with van der Waals surface area (Å²) in [6.07, 6.45) is 4.34. The smallest absolute Gasteiger partial charge is 0.244 e. The summed E-state index contributed by atoms with van der Waals surface area (Å²) >= 11 is 0. The van der Waals surface area contributed by atoms with Crippen LogP contribution in [0.25, 0.3) is 22.0 Å². The van der Waals surface area contributed by atoms with Gasteiger partial charge in [-0.1, -0.05) is 79.7 Å². The molecule has 1 heterocycles. The van der Waals surface area contributed by atoms with Crippen LogP contribution in [0.1, 0.15) is 24.5 Å². The summed E-state index contributed by atoms with van der Waals surface area (Å²) in [6.45, 7) is 2.15. The van der Waals surface area contributed by atoms with Crippen LogP contribution in [0.3, 0.4) is 0 Å². The van der Waals surface area contributed by atoms with Crippen LogP contribution in [0.2, 0.25) is 0 Å². The van der Waals surface area contributed by atoms with Gasteiger partial charge in [-0.3, -0.25) is 9.48 Å². The second kappa shape index (κ2) is 7.51. The van der Waals surface area contributed by atoms with Gasteiger partial charge in [0.25, 0.3) is 0 Å². The van der Waals surface area contributed by atoms with Crippen molar-refractivity contribution in [2.45, 2.75) is 18.8 Å². The molecule has 5 heteroatoms. The second-order valence-electron chi connectivity index (χ2n) is 8.41. The largest absolute Gasteiger partial charge is 0.273 e. The Labute approximate surface area is 181 Å². The van der Waals surface area contributed by atoms with E-state index in [4.69, 9.17) is 0 Å². The van der Waals surface area contributed by atoms with Crippen LogP contribution in [0.4, 0.5) is 0 Å². The Hall–Kier alpha value is -3.73. The van der Waals surface area contributed by atoms with Gasteiger partial charge in [-0.2, -0.15) is 10.2 Å². The first-order valence-corrected chi connectivity index (χ1v) is 10.5. The predicted octanol–water partition coefficient (Wildman–Crippen LogP) is 4.67. The zero-order valence-corrected chi connectivity index (χ0v) is 17.6. The van der Waals surface area contributed by atoms with Gasteiger partial charge in [0.05, 0.1) is 23.8 Å². The van der Waals surface area contributed by atoms with Gasteiger partial charge >= 0.3 is 0 Å². The number of hydrazone groups is 1. The fourth-order valence-corrected chi connectivity index (χ4v) is 4.35. The molecule has 1 N–H and O–H groups in total. The quantitative estimate of drug-likeness (QED) is 0.385. The van der Waals surface area contributed by atoms with Crippen molar-refractivity contribution in [2.24, 2.45) is 18.1 Å². The molecule has 3 aromatic carbocycles. The molecule has 1 saturated carbocycles. The first-order chi connectivity index (χ1) is 15.1. The summed E-state index contributed by atoms with van der Waals surface area (Å²) in [5.74, 6) is -0.109. The number of benzene rings is 3. The lowest BCUT2D eigenvalue weighted by Gasteiger charge is -2.12. The van der Waals surface area contributed by atoms with Crippen molar-refractivity contribution >= 4 is 23.0 Å². The number of aromatic nitrogens is 2. The summed E-state index contributed by atoms with van der Waals surface area (Å²) in [5.41, 5.74) is 8.08. The lowest BCUT2D eigenvalue weighted by Crippen LogP contribution is -2.23. The van der Waals surface area contributed by atoms with E-state index in [0.717, 1.165) is 22.9 Å². The van der Waals surface area contributed by atoms with Crippen molar-refractivity contribution in [3.05, 3.63) is 90.1 Å². The minimum atomic E-state index is -0.142. The fourth-order valence-electron chi connectivity index (χ4n) is 4.35. The minimum Gasteiger partial charge on any atom is -0.273 e. The van der Waals surface area contributed by atoms with Crippen LogP contribution in [0, 0.1) is 5.92 Å². The monoisotopic (exact) mass is 408 g/mol. The summed E-state index contributed by atoms with van der Waals surface area (Å²) in [6, 6.07) is 24.8. The summed E-state index contributed by atoms with van der Waals surface area (Å²) in [7, 11) is 1.90. The van der Waals surface area contributed by atoms with Crippen LogP contribution in [-0.4, -0.2) is 21.9 Å². The van der Waals surface area contributed by atoms with E-state index in [0.29, 0.717) is 0 Å². The lowest BCUT2D eigenvalue weighted by molar-refractivity contribution is -0.122. The van der Waals surface area contributed by atoms with E-state index in [1.165, 1.54) is 16.7 Å². The number of fused-ring (bicyclic) bond motifs is 1. The molecule has 0 saturated heterocycles. The first kappa shape index (κ1) is 19.2. The van der Waals surface area contributed by atoms with Gasteiger partial charge in [-0.15, -0.1) is 0 Å². The van der Waals surface area contributed by atoms with E-state index in [1.807, 2.05) is 54.3 Å². The minimum absolute atomic E-state index is 0.0388. The van der Waals surface area contributed by atoms with E-state index in [2.05, 4.69) is 58.9 Å². The molecule has 1 aliphatic rings. The molecular formula is C26H24N4O. The Morgan fingerprint density at radius 1 is 1.06 bits per heavy atom. The molecule has 0 aliphatic heterocycles. The lowest BCUT2D eigenvalue weighted by atomic mass is 9.93. The number of carbonyl (C=O) groups excluding carboxylic acids is 1. The van der Waals surface area contributed by atoms with E-state index in [9.17, 15) is 4.79 Å². The number of amides is 1. The van der Waals surface area contributed by atoms with Gasteiger partial charge in [0.1, 0.15) is 0 Å². The molecule has 5 nitrogen and oxygen atoms in total. The average molecular weight is 409 g/mol. The number of carbonyl (C=O) groups is 1. The zero-order chi connectivity index (χ0) is 21.4. The van der Waals surface area contributed by atoms with Gasteiger partial charge in [0.15, 0.2) is 0 Å². The maximum absolute atomic E-state index is 12.7. The molecule has 0 spiro atoms. The van der Waals surface area contributed by atoms with Crippen molar-refractivity contribution < 1.29 is 4.79 Å². The molecule has 31 heavy (non-hydrogen) atoms. The van der Waals surface area contributed by atoms with Crippen molar-refractivity contribution in [2.75, 3.05) is 0 Å². The highest BCUT2D eigenvalue weighted by molar-refractivity contribution is 5.98. The highest BCUT2D eigenvalue weighted by Crippen LogP contribution is 2.54. The molecule has 154 valence electrons. The highest BCUT2D eigenvalue weighted by Gasteiger charge is 2.55. The van der Waals surface area contributed by atoms with Gasteiger partial charge in [0, 0.05) is 23.4 Å². The van der Waals surface area contributed by atoms with Crippen LogP contribution in [-0.2, 0) is 17.3 Å². The number of aryl methyl sites for hydroxylation is 1. The summed E-state index contributed by atoms with van der Waals surface area (Å²) < 4.78 is 1.82. The SMILES string of the molecule is Cn1ncc2cccc(/C=N/NC(=O)C3CC3(C)c3ccc(-c4ccccc4)cc3)c21. The maximum Gasteiger partial charge on any atom is 0.244 e. The Morgan fingerprint density at radius 3 is 2.58 bits per heavy atom. The van der Waals surface area contributed by atoms with Crippen molar-refractivity contribution in [3.63, 3.8) is 0 Å². The third-order valence-electron chi connectivity index (χ3n) is 6.38. The molecule has 1 aromatic heterocycles. The zero-order valence-electron chi connectivity index (χ0n) is 17.6. The Balaban J connectivity index is 1.26. The Kier molecular flexibility index (Phi) is 4.66. The van der Waals surface area contributed by atoms with Crippen LogP contribution < -0.4 is 5.43 Å². The average Bonchev–Trinajstić information content (AvgIpc) is 3.37. The molecule has 1 amide bonds. The second-order valence-corrected chi connectivity index (χ2v) is 8.41. The van der Waals surface area contributed by atoms with Crippen molar-refractivity contribution in [1.29, 1.82) is 0 Å². The van der Waals surface area contributed by atoms with Gasteiger partial charge < -0.3 is 0 Å². The molecule has 2 atom stereocenters. The normalized spacial score (nSPS) is 20.3. The van der Waals surface area contributed by atoms with E-state index in [-0.39, 0.29) is 17.2 Å². The van der Waals surface area contributed by atoms with Gasteiger partial charge in [-0.05, 0) is 23.1 Å². The predicted molar refractivity (Wildman–Crippen MR) is 124 cm³/mol. The first-order valence-electron chi connectivity index (χ1n) is 10.5. The maximum atomic E-state index is 12.7. The number of para-hydroxylation sites is 1. The van der Waals surface area contributed by atoms with Crippen LogP contribution in [0.5, 0.6) is 0 Å². The Bertz CT molecular complexity index is 1270. The van der Waals surface area contributed by atoms with Crippen LogP contribution >= 0.6 is 0 Å². The van der Waals surface area contributed by atoms with E-state index in [1.54, 1.807) is 6.21 Å². The number of hydrogen-bond donors (Lipinski definition) is 1. The number of nitrogens with zero attached hydrogens (tertiary/aromatic N) is 3. The molecule has 1 fully saturated rings. The molecule has 0 bridgehead atoms. The summed E-state index contributed by atoms with van der Waals surface area (Å²) in [4.78, 5) is 12.7. The van der Waals surface area contributed by atoms with E-state index < -0.39 is 0 Å². The molecular weight excluding hydrogens is 384 g/mol. The van der Waals surface area contributed by atoms with Crippen LogP contribution in [0.15, 0.2) is 84.1 Å². The van der Waals surface area contributed by atoms with Gasteiger partial charge in [-0.25, -0.2) is 5.43 Å². The third-order valence-corrected chi connectivity index (χ3v) is 6.38. The van der Waals surface area contributed by atoms with Crippen molar-refractivity contribution in [1.82, 2.24) is 15.2 Å². The molecule has 1 aliphatic carbocycles. The van der Waals surface area contributed by atoms with Crippen molar-refractivity contribution in [3.8, 4) is 11.1 Å². The standard InChI is InChI=1S/C26H24N4O/c1-26(22-13-11-19(12-14-22)18-7-4-3-5-8-18)15-23(26)25(31)29-27-16-20-9-6-10-21-17-28-30(2)24(20)21/h3-14,16-17,23H,15H2,1-2H3,(H,29,31)/b27-16+. The fraction of sp³-hybridized carbons (Fsp3) is 0.192. The third kappa shape index (κ3) is 3.52. The number of hydrogen-bond acceptors (Lipinski definition) is 3. The molecule has 0 radical (unpaired) electrons. The number of nitrogens with one attached hydrogen (secondary N) is 1. The van der Waals surface area contributed by atoms with Gasteiger partial charge in [0.2, 0.25) is 5.91 Å².